The van der Waals surface area contributed by atoms with E-state index in [2.05, 4.69) is 20.7 Å². The first-order valence-corrected chi connectivity index (χ1v) is 8.59. The third kappa shape index (κ3) is 3.41. The fourth-order valence-electron chi connectivity index (χ4n) is 1.45. The zero-order valence-electron chi connectivity index (χ0n) is 9.41. The van der Waals surface area contributed by atoms with Crippen molar-refractivity contribution in [3.05, 3.63) is 53.4 Å². The number of thiophene rings is 1. The molecule has 0 spiro atoms. The second-order valence-corrected chi connectivity index (χ2v) is 7.71. The molecule has 0 aliphatic heterocycles. The van der Waals surface area contributed by atoms with Crippen LogP contribution in [0.2, 0.25) is 0 Å². The van der Waals surface area contributed by atoms with Crippen molar-refractivity contribution in [3.63, 3.8) is 0 Å². The Morgan fingerprint density at radius 1 is 1.17 bits per heavy atom. The molecule has 1 aromatic heterocycles. The molecule has 3 nitrogen and oxygen atoms in total. The van der Waals surface area contributed by atoms with E-state index in [1.54, 1.807) is 17.5 Å². The van der Waals surface area contributed by atoms with Gasteiger partial charge in [0.05, 0.1) is 4.83 Å². The monoisotopic (exact) mass is 345 g/mol. The molecule has 0 aliphatic rings. The quantitative estimate of drug-likeness (QED) is 0.846. The molecule has 6 heteroatoms. The van der Waals surface area contributed by atoms with Crippen molar-refractivity contribution in [3.8, 4) is 0 Å². The van der Waals surface area contributed by atoms with Crippen LogP contribution < -0.4 is 4.72 Å². The van der Waals surface area contributed by atoms with Gasteiger partial charge in [-0.2, -0.15) is 0 Å². The first-order chi connectivity index (χ1) is 8.59. The third-order valence-corrected chi connectivity index (χ3v) is 6.05. The van der Waals surface area contributed by atoms with Gasteiger partial charge >= 0.3 is 0 Å². The Bertz CT molecular complexity index is 582. The van der Waals surface area contributed by atoms with Crippen molar-refractivity contribution in [1.82, 2.24) is 4.72 Å². The van der Waals surface area contributed by atoms with Gasteiger partial charge in [0.1, 0.15) is 4.21 Å². The number of nitrogens with one attached hydrogen (secondary N) is 1. The summed E-state index contributed by atoms with van der Waals surface area (Å²) in [4.78, 5) is -0.0339. The van der Waals surface area contributed by atoms with E-state index in [9.17, 15) is 8.42 Å². The molecule has 96 valence electrons. The number of alkyl halides is 1. The molecule has 2 rings (SSSR count). The van der Waals surface area contributed by atoms with E-state index in [0.29, 0.717) is 10.8 Å². The Labute approximate surface area is 119 Å². The molecule has 1 unspecified atom stereocenters. The van der Waals surface area contributed by atoms with Gasteiger partial charge in [-0.3, -0.25) is 0 Å². The minimum absolute atomic E-state index is 0.0339. The summed E-state index contributed by atoms with van der Waals surface area (Å²) >= 11 is 4.69. The van der Waals surface area contributed by atoms with E-state index in [1.807, 2.05) is 30.3 Å². The van der Waals surface area contributed by atoms with Crippen LogP contribution >= 0.6 is 27.3 Å². The molecule has 0 radical (unpaired) electrons. The van der Waals surface area contributed by atoms with Crippen LogP contribution in [0, 0.1) is 0 Å². The van der Waals surface area contributed by atoms with Crippen LogP contribution in [0.3, 0.4) is 0 Å². The second-order valence-electron chi connectivity index (χ2n) is 3.66. The van der Waals surface area contributed by atoms with Gasteiger partial charge in [-0.1, -0.05) is 52.3 Å². The predicted octanol–water partition coefficient (Wildman–Crippen LogP) is 3.16. The summed E-state index contributed by atoms with van der Waals surface area (Å²) in [5.74, 6) is 0. The predicted molar refractivity (Wildman–Crippen MR) is 77.6 cm³/mol. The summed E-state index contributed by atoms with van der Waals surface area (Å²) in [6, 6.07) is 13.0. The van der Waals surface area contributed by atoms with Crippen LogP contribution in [-0.4, -0.2) is 15.0 Å². The van der Waals surface area contributed by atoms with Gasteiger partial charge in [0, 0.05) is 6.54 Å². The molecule has 0 saturated carbocycles. The van der Waals surface area contributed by atoms with Gasteiger partial charge in [0.25, 0.3) is 0 Å². The Kier molecular flexibility index (Phi) is 4.55. The van der Waals surface area contributed by atoms with Crippen molar-refractivity contribution in [2.45, 2.75) is 9.04 Å². The summed E-state index contributed by atoms with van der Waals surface area (Å²) < 4.78 is 26.8. The first kappa shape index (κ1) is 13.7. The highest BCUT2D eigenvalue weighted by Gasteiger charge is 2.17. The Morgan fingerprint density at radius 3 is 2.50 bits per heavy atom. The Hall–Kier alpha value is -0.690. The molecule has 1 aromatic carbocycles. The smallest absolute Gasteiger partial charge is 0.209 e. The number of rotatable bonds is 5. The lowest BCUT2D eigenvalue weighted by molar-refractivity contribution is 0.583. The molecule has 0 saturated heterocycles. The molecule has 2 aromatic rings. The number of hydrogen-bond donors (Lipinski definition) is 1. The fraction of sp³-hybridized carbons (Fsp3) is 0.167. The number of halogens is 1. The Balaban J connectivity index is 2.00. The summed E-state index contributed by atoms with van der Waals surface area (Å²) in [7, 11) is -3.38. The topological polar surface area (TPSA) is 46.2 Å². The van der Waals surface area contributed by atoms with Gasteiger partial charge < -0.3 is 0 Å². The third-order valence-electron chi connectivity index (χ3n) is 2.37. The molecule has 0 fully saturated rings. The summed E-state index contributed by atoms with van der Waals surface area (Å²) in [6.45, 7) is 0.324. The molecular weight excluding hydrogens is 334 g/mol. The van der Waals surface area contributed by atoms with Crippen molar-refractivity contribution < 1.29 is 8.42 Å². The van der Waals surface area contributed by atoms with Crippen molar-refractivity contribution in [2.75, 3.05) is 6.54 Å². The van der Waals surface area contributed by atoms with Crippen molar-refractivity contribution in [2.24, 2.45) is 0 Å². The summed E-state index contributed by atoms with van der Waals surface area (Å²) in [6.07, 6.45) is 0. The highest BCUT2D eigenvalue weighted by molar-refractivity contribution is 9.09. The van der Waals surface area contributed by atoms with E-state index in [-0.39, 0.29) is 4.83 Å². The maximum Gasteiger partial charge on any atom is 0.250 e. The van der Waals surface area contributed by atoms with Crippen molar-refractivity contribution >= 4 is 37.3 Å². The van der Waals surface area contributed by atoms with Crippen molar-refractivity contribution in [1.29, 1.82) is 0 Å². The van der Waals surface area contributed by atoms with Gasteiger partial charge in [-0.25, -0.2) is 13.1 Å². The standard InChI is InChI=1S/C12H12BrNO2S2/c13-11(10-5-2-1-3-6-10)9-14-18(15,16)12-7-4-8-17-12/h1-8,11,14H,9H2. The molecule has 1 N–H and O–H groups in total. The van der Waals surface area contributed by atoms with Crippen LogP contribution in [0.4, 0.5) is 0 Å². The average Bonchev–Trinajstić information content (AvgIpc) is 2.92. The van der Waals surface area contributed by atoms with Crippen LogP contribution in [0.1, 0.15) is 10.4 Å². The van der Waals surface area contributed by atoms with E-state index in [1.165, 1.54) is 11.3 Å². The van der Waals surface area contributed by atoms with Gasteiger partial charge in [0.15, 0.2) is 0 Å². The molecular formula is C12H12BrNO2S2. The molecule has 1 atom stereocenters. The normalized spacial score (nSPS) is 13.4. The molecule has 0 bridgehead atoms. The van der Waals surface area contributed by atoms with Crippen LogP contribution in [0.5, 0.6) is 0 Å². The lowest BCUT2D eigenvalue weighted by atomic mass is 10.2. The second kappa shape index (κ2) is 5.97. The Morgan fingerprint density at radius 2 is 1.89 bits per heavy atom. The van der Waals surface area contributed by atoms with E-state index in [4.69, 9.17) is 0 Å². The van der Waals surface area contributed by atoms with E-state index in [0.717, 1.165) is 5.56 Å². The number of hydrogen-bond acceptors (Lipinski definition) is 3. The van der Waals surface area contributed by atoms with E-state index >= 15 is 0 Å². The zero-order valence-corrected chi connectivity index (χ0v) is 12.6. The van der Waals surface area contributed by atoms with Crippen LogP contribution in [0.25, 0.3) is 0 Å². The minimum atomic E-state index is -3.38. The molecule has 0 amide bonds. The fourth-order valence-corrected chi connectivity index (χ4v) is 4.22. The number of sulfonamides is 1. The van der Waals surface area contributed by atoms with Gasteiger partial charge in [0.2, 0.25) is 10.0 Å². The SMILES string of the molecule is O=S(=O)(NCC(Br)c1ccccc1)c1cccs1. The molecule has 1 heterocycles. The summed E-state index contributed by atoms with van der Waals surface area (Å²) in [5.41, 5.74) is 1.05. The van der Waals surface area contributed by atoms with E-state index < -0.39 is 10.0 Å². The first-order valence-electron chi connectivity index (χ1n) is 5.32. The maximum atomic E-state index is 11.9. The van der Waals surface area contributed by atoms with Gasteiger partial charge in [-0.15, -0.1) is 11.3 Å². The lowest BCUT2D eigenvalue weighted by Crippen LogP contribution is -2.26. The average molecular weight is 346 g/mol. The largest absolute Gasteiger partial charge is 0.250 e. The molecule has 18 heavy (non-hydrogen) atoms. The lowest BCUT2D eigenvalue weighted by Gasteiger charge is -2.11. The van der Waals surface area contributed by atoms with Crippen LogP contribution in [-0.2, 0) is 10.0 Å². The minimum Gasteiger partial charge on any atom is -0.209 e. The van der Waals surface area contributed by atoms with Gasteiger partial charge in [-0.05, 0) is 17.0 Å². The molecule has 0 aliphatic carbocycles. The highest BCUT2D eigenvalue weighted by Crippen LogP contribution is 2.22. The number of benzene rings is 1. The highest BCUT2D eigenvalue weighted by atomic mass is 79.9. The maximum absolute atomic E-state index is 11.9. The van der Waals surface area contributed by atoms with Crippen LogP contribution in [0.15, 0.2) is 52.1 Å². The zero-order chi connectivity index (χ0) is 13.0. The summed E-state index contributed by atoms with van der Waals surface area (Å²) in [5, 5.41) is 1.75.